The van der Waals surface area contributed by atoms with Gasteiger partial charge in [0.2, 0.25) is 5.91 Å². The van der Waals surface area contributed by atoms with Gasteiger partial charge in [0.25, 0.3) is 0 Å². The minimum atomic E-state index is -0.377. The van der Waals surface area contributed by atoms with Crippen LogP contribution in [-0.2, 0) is 4.79 Å². The smallest absolute Gasteiger partial charge is 0.242 e. The number of hydrogen-bond acceptors (Lipinski definition) is 4. The average Bonchev–Trinajstić information content (AvgIpc) is 2.34. The fourth-order valence-corrected chi connectivity index (χ4v) is 2.27. The quantitative estimate of drug-likeness (QED) is 0.700. The highest BCUT2D eigenvalue weighted by Gasteiger charge is 2.17. The van der Waals surface area contributed by atoms with Crippen LogP contribution in [0.3, 0.4) is 0 Å². The lowest BCUT2D eigenvalue weighted by Crippen LogP contribution is -2.39. The molecule has 0 aliphatic carbocycles. The molecular weight excluding hydrogens is 284 g/mol. The zero-order chi connectivity index (χ0) is 16.2. The maximum atomic E-state index is 12.0. The van der Waals surface area contributed by atoms with E-state index in [-0.39, 0.29) is 16.9 Å². The first-order valence-corrected chi connectivity index (χ1v) is 7.45. The van der Waals surface area contributed by atoms with Crippen LogP contribution in [0.1, 0.15) is 37.7 Å². The molecule has 1 heterocycles. The average molecular weight is 308 g/mol. The van der Waals surface area contributed by atoms with E-state index in [2.05, 4.69) is 29.5 Å². The lowest BCUT2D eigenvalue weighted by Gasteiger charge is -2.19. The Kier molecular flexibility index (Phi) is 6.08. The zero-order valence-corrected chi connectivity index (χ0v) is 14.1. The first kappa shape index (κ1) is 17.4. The van der Waals surface area contributed by atoms with Gasteiger partial charge in [-0.25, -0.2) is 0 Å². The number of aromatic nitrogens is 1. The summed E-state index contributed by atoms with van der Waals surface area (Å²) in [6, 6.07) is 1.48. The standard InChI is InChI=1S/C15H24N4OS/c1-8(2)7-17-15(20)11(5)19-12-6-9(3)18-10(4)13(12)14(16)21/h6,8,11H,7H2,1-5H3,(H2,16,21)(H,17,20)(H,18,19). The molecule has 4 N–H and O–H groups in total. The number of rotatable bonds is 6. The second kappa shape index (κ2) is 7.36. The third kappa shape index (κ3) is 4.97. The van der Waals surface area contributed by atoms with E-state index in [0.29, 0.717) is 18.0 Å². The highest BCUT2D eigenvalue weighted by molar-refractivity contribution is 7.80. The molecule has 1 atom stereocenters. The number of thiocarbonyl (C=S) groups is 1. The third-order valence-electron chi connectivity index (χ3n) is 3.02. The van der Waals surface area contributed by atoms with Gasteiger partial charge in [0.15, 0.2) is 0 Å². The molecule has 0 bridgehead atoms. The molecule has 116 valence electrons. The molecule has 0 fully saturated rings. The molecule has 1 amide bonds. The summed E-state index contributed by atoms with van der Waals surface area (Å²) in [5, 5.41) is 6.08. The molecule has 1 aromatic heterocycles. The van der Waals surface area contributed by atoms with Crippen LogP contribution in [-0.4, -0.2) is 28.5 Å². The summed E-state index contributed by atoms with van der Waals surface area (Å²) in [5.41, 5.74) is 8.83. The second-order valence-corrected chi connectivity index (χ2v) is 6.08. The minimum absolute atomic E-state index is 0.0512. The van der Waals surface area contributed by atoms with Crippen molar-refractivity contribution in [1.82, 2.24) is 10.3 Å². The SMILES string of the molecule is Cc1cc(NC(C)C(=O)NCC(C)C)c(C(N)=S)c(C)n1. The van der Waals surface area contributed by atoms with Crippen molar-refractivity contribution >= 4 is 28.8 Å². The van der Waals surface area contributed by atoms with Gasteiger partial charge in [0.05, 0.1) is 5.56 Å². The van der Waals surface area contributed by atoms with Gasteiger partial charge in [-0.1, -0.05) is 26.1 Å². The highest BCUT2D eigenvalue weighted by Crippen LogP contribution is 2.20. The number of pyridine rings is 1. The minimum Gasteiger partial charge on any atom is -0.389 e. The van der Waals surface area contributed by atoms with Gasteiger partial charge in [-0.15, -0.1) is 0 Å². The van der Waals surface area contributed by atoms with Gasteiger partial charge >= 0.3 is 0 Å². The van der Waals surface area contributed by atoms with Crippen molar-refractivity contribution in [2.45, 2.75) is 40.7 Å². The summed E-state index contributed by atoms with van der Waals surface area (Å²) in [4.78, 5) is 16.7. The second-order valence-electron chi connectivity index (χ2n) is 5.64. The summed E-state index contributed by atoms with van der Waals surface area (Å²) in [6.45, 7) is 10.3. The van der Waals surface area contributed by atoms with Crippen molar-refractivity contribution in [1.29, 1.82) is 0 Å². The Morgan fingerprint density at radius 2 is 2.00 bits per heavy atom. The molecular formula is C15H24N4OS. The molecule has 1 unspecified atom stereocenters. The summed E-state index contributed by atoms with van der Waals surface area (Å²) in [7, 11) is 0. The Labute approximate surface area is 131 Å². The van der Waals surface area contributed by atoms with Gasteiger partial charge in [0.1, 0.15) is 11.0 Å². The van der Waals surface area contributed by atoms with E-state index in [1.54, 1.807) is 0 Å². The predicted molar refractivity (Wildman–Crippen MR) is 90.5 cm³/mol. The number of nitrogens with two attached hydrogens (primary N) is 1. The maximum absolute atomic E-state index is 12.0. The van der Waals surface area contributed by atoms with Gasteiger partial charge < -0.3 is 16.4 Å². The Balaban J connectivity index is 2.91. The van der Waals surface area contributed by atoms with Gasteiger partial charge in [-0.3, -0.25) is 9.78 Å². The van der Waals surface area contributed by atoms with Crippen LogP contribution >= 0.6 is 12.2 Å². The zero-order valence-electron chi connectivity index (χ0n) is 13.3. The monoisotopic (exact) mass is 308 g/mol. The molecule has 0 radical (unpaired) electrons. The fourth-order valence-electron chi connectivity index (χ4n) is 2.01. The Bertz CT molecular complexity index is 543. The molecule has 0 spiro atoms. The van der Waals surface area contributed by atoms with Crippen LogP contribution in [0.4, 0.5) is 5.69 Å². The van der Waals surface area contributed by atoms with Crippen LogP contribution < -0.4 is 16.4 Å². The third-order valence-corrected chi connectivity index (χ3v) is 3.23. The van der Waals surface area contributed by atoms with Crippen molar-refractivity contribution in [3.05, 3.63) is 23.0 Å². The normalized spacial score (nSPS) is 12.1. The fraction of sp³-hybridized carbons (Fsp3) is 0.533. The van der Waals surface area contributed by atoms with E-state index >= 15 is 0 Å². The Morgan fingerprint density at radius 3 is 2.52 bits per heavy atom. The number of nitrogens with one attached hydrogen (secondary N) is 2. The van der Waals surface area contributed by atoms with Crippen molar-refractivity contribution in [2.24, 2.45) is 11.7 Å². The van der Waals surface area contributed by atoms with E-state index in [1.807, 2.05) is 26.8 Å². The molecule has 1 rings (SSSR count). The van der Waals surface area contributed by atoms with E-state index < -0.39 is 0 Å². The number of hydrogen-bond donors (Lipinski definition) is 3. The first-order valence-electron chi connectivity index (χ1n) is 7.04. The molecule has 0 aliphatic rings. The van der Waals surface area contributed by atoms with Gasteiger partial charge in [-0.2, -0.15) is 0 Å². The summed E-state index contributed by atoms with van der Waals surface area (Å²) >= 11 is 5.08. The number of nitrogens with zero attached hydrogens (tertiary/aromatic N) is 1. The maximum Gasteiger partial charge on any atom is 0.242 e. The highest BCUT2D eigenvalue weighted by atomic mass is 32.1. The van der Waals surface area contributed by atoms with E-state index in [1.165, 1.54) is 0 Å². The molecule has 0 saturated carbocycles. The Hall–Kier alpha value is -1.69. The molecule has 21 heavy (non-hydrogen) atoms. The van der Waals surface area contributed by atoms with Gasteiger partial charge in [-0.05, 0) is 32.8 Å². The van der Waals surface area contributed by atoms with Crippen molar-refractivity contribution in [3.8, 4) is 0 Å². The summed E-state index contributed by atoms with van der Waals surface area (Å²) in [5.74, 6) is 0.364. The Morgan fingerprint density at radius 1 is 1.38 bits per heavy atom. The van der Waals surface area contributed by atoms with Crippen molar-refractivity contribution in [2.75, 3.05) is 11.9 Å². The predicted octanol–water partition coefficient (Wildman–Crippen LogP) is 1.91. The summed E-state index contributed by atoms with van der Waals surface area (Å²) in [6.07, 6.45) is 0. The van der Waals surface area contributed by atoms with Gasteiger partial charge in [0, 0.05) is 23.6 Å². The molecule has 0 aliphatic heterocycles. The van der Waals surface area contributed by atoms with Crippen LogP contribution in [0, 0.1) is 19.8 Å². The van der Waals surface area contributed by atoms with Crippen LogP contribution in [0.2, 0.25) is 0 Å². The number of aryl methyl sites for hydroxylation is 2. The van der Waals surface area contributed by atoms with E-state index in [0.717, 1.165) is 17.1 Å². The number of carbonyl (C=O) groups is 1. The van der Waals surface area contributed by atoms with Crippen molar-refractivity contribution in [3.63, 3.8) is 0 Å². The lowest BCUT2D eigenvalue weighted by molar-refractivity contribution is -0.121. The molecule has 1 aromatic rings. The number of amides is 1. The number of carbonyl (C=O) groups excluding carboxylic acids is 1. The molecule has 0 saturated heterocycles. The summed E-state index contributed by atoms with van der Waals surface area (Å²) < 4.78 is 0. The molecule has 5 nitrogen and oxygen atoms in total. The molecule has 6 heteroatoms. The lowest BCUT2D eigenvalue weighted by atomic mass is 10.1. The number of anilines is 1. The van der Waals surface area contributed by atoms with Crippen LogP contribution in [0.15, 0.2) is 6.07 Å². The van der Waals surface area contributed by atoms with E-state index in [9.17, 15) is 4.79 Å². The molecule has 0 aromatic carbocycles. The van der Waals surface area contributed by atoms with Crippen molar-refractivity contribution < 1.29 is 4.79 Å². The topological polar surface area (TPSA) is 80.0 Å². The largest absolute Gasteiger partial charge is 0.389 e. The van der Waals surface area contributed by atoms with Crippen LogP contribution in [0.25, 0.3) is 0 Å². The van der Waals surface area contributed by atoms with Crippen LogP contribution in [0.5, 0.6) is 0 Å². The van der Waals surface area contributed by atoms with E-state index in [4.69, 9.17) is 18.0 Å². The first-order chi connectivity index (χ1) is 9.72.